The van der Waals surface area contributed by atoms with Gasteiger partial charge in [0.25, 0.3) is 5.91 Å². The Labute approximate surface area is 121 Å². The summed E-state index contributed by atoms with van der Waals surface area (Å²) in [4.78, 5) is 16.5. The monoisotopic (exact) mass is 330 g/mol. The largest absolute Gasteiger partial charge is 0.337 e. The van der Waals surface area contributed by atoms with E-state index >= 15 is 0 Å². The van der Waals surface area contributed by atoms with Gasteiger partial charge >= 0.3 is 0 Å². The molecule has 0 aromatic heterocycles. The molecule has 1 aromatic rings. The first-order chi connectivity index (χ1) is 8.58. The quantitative estimate of drug-likeness (QED) is 0.790. The van der Waals surface area contributed by atoms with E-state index in [1.165, 1.54) is 0 Å². The third kappa shape index (κ3) is 3.25. The maximum Gasteiger partial charge on any atom is 0.253 e. The van der Waals surface area contributed by atoms with Crippen LogP contribution in [0.4, 0.5) is 0 Å². The lowest BCUT2D eigenvalue weighted by atomic mass is 10.2. The van der Waals surface area contributed by atoms with E-state index in [-0.39, 0.29) is 5.91 Å². The molecule has 1 aliphatic heterocycles. The minimum Gasteiger partial charge on any atom is -0.337 e. The predicted molar refractivity (Wildman–Crippen MR) is 77.2 cm³/mol. The summed E-state index contributed by atoms with van der Waals surface area (Å²) in [5, 5.41) is 0.577. The third-order valence-corrected chi connectivity index (χ3v) is 4.41. The maximum atomic E-state index is 12.4. The maximum absolute atomic E-state index is 12.4. The lowest BCUT2D eigenvalue weighted by molar-refractivity contribution is 0.0763. The Morgan fingerprint density at radius 1 is 1.28 bits per heavy atom. The summed E-state index contributed by atoms with van der Waals surface area (Å²) < 4.78 is 0.816. The Morgan fingerprint density at radius 2 is 2.06 bits per heavy atom. The van der Waals surface area contributed by atoms with Crippen LogP contribution in [-0.2, 0) is 0 Å². The van der Waals surface area contributed by atoms with Crippen LogP contribution in [0.3, 0.4) is 0 Å². The number of hydrogen-bond donors (Lipinski definition) is 0. The molecule has 1 amide bonds. The van der Waals surface area contributed by atoms with Gasteiger partial charge in [0.15, 0.2) is 0 Å². The highest BCUT2D eigenvalue weighted by Crippen LogP contribution is 2.24. The molecular formula is C13H16BrClN2O. The van der Waals surface area contributed by atoms with Crippen molar-refractivity contribution in [1.29, 1.82) is 0 Å². The van der Waals surface area contributed by atoms with E-state index in [4.69, 9.17) is 11.6 Å². The summed E-state index contributed by atoms with van der Waals surface area (Å²) in [7, 11) is 2.09. The number of halogens is 2. The lowest BCUT2D eigenvalue weighted by Crippen LogP contribution is -2.34. The Balaban J connectivity index is 2.12. The Kier molecular flexibility index (Phi) is 4.65. The number of likely N-dealkylation sites (N-methyl/N-ethyl adjacent to an activating group) is 1. The number of amides is 1. The van der Waals surface area contributed by atoms with Gasteiger partial charge in [0.2, 0.25) is 0 Å². The topological polar surface area (TPSA) is 23.6 Å². The van der Waals surface area contributed by atoms with Crippen molar-refractivity contribution in [1.82, 2.24) is 9.80 Å². The molecule has 0 N–H and O–H groups in total. The van der Waals surface area contributed by atoms with Crippen molar-refractivity contribution in [2.75, 3.05) is 33.2 Å². The fourth-order valence-electron chi connectivity index (χ4n) is 2.06. The van der Waals surface area contributed by atoms with Gasteiger partial charge in [-0.2, -0.15) is 0 Å². The van der Waals surface area contributed by atoms with Gasteiger partial charge in [0, 0.05) is 29.7 Å². The Morgan fingerprint density at radius 3 is 2.78 bits per heavy atom. The molecule has 1 fully saturated rings. The molecule has 18 heavy (non-hydrogen) atoms. The second kappa shape index (κ2) is 6.04. The molecule has 0 radical (unpaired) electrons. The predicted octanol–water partition coefficient (Wildman–Crippen LogP) is 2.88. The molecule has 0 bridgehead atoms. The zero-order valence-corrected chi connectivity index (χ0v) is 12.7. The number of nitrogens with zero attached hydrogens (tertiary/aromatic N) is 2. The molecule has 1 heterocycles. The number of hydrogen-bond acceptors (Lipinski definition) is 2. The van der Waals surface area contributed by atoms with Crippen molar-refractivity contribution >= 4 is 33.4 Å². The Bertz CT molecular complexity index is 453. The van der Waals surface area contributed by atoms with Gasteiger partial charge < -0.3 is 9.80 Å². The van der Waals surface area contributed by atoms with E-state index in [2.05, 4.69) is 27.9 Å². The number of carbonyl (C=O) groups is 1. The molecule has 98 valence electrons. The van der Waals surface area contributed by atoms with Gasteiger partial charge in [0.1, 0.15) is 0 Å². The van der Waals surface area contributed by atoms with Crippen LogP contribution < -0.4 is 0 Å². The second-order valence-corrected chi connectivity index (χ2v) is 5.84. The van der Waals surface area contributed by atoms with Crippen molar-refractivity contribution in [2.45, 2.75) is 6.42 Å². The van der Waals surface area contributed by atoms with Crippen molar-refractivity contribution in [2.24, 2.45) is 0 Å². The lowest BCUT2D eigenvalue weighted by Gasteiger charge is -2.20. The average Bonchev–Trinajstić information content (AvgIpc) is 2.57. The summed E-state index contributed by atoms with van der Waals surface area (Å²) >= 11 is 9.36. The first kappa shape index (κ1) is 13.8. The van der Waals surface area contributed by atoms with Crippen LogP contribution in [0.5, 0.6) is 0 Å². The molecule has 0 atom stereocenters. The molecule has 0 aliphatic carbocycles. The molecule has 1 aromatic carbocycles. The van der Waals surface area contributed by atoms with Gasteiger partial charge in [-0.05, 0) is 54.1 Å². The van der Waals surface area contributed by atoms with Gasteiger partial charge in [-0.25, -0.2) is 0 Å². The van der Waals surface area contributed by atoms with Crippen molar-refractivity contribution in [3.8, 4) is 0 Å². The standard InChI is InChI=1S/C13H16BrClN2O/c1-16-5-2-6-17(8-7-16)13(18)10-3-4-11(14)12(15)9-10/h3-4,9H,2,5-8H2,1H3. The number of carbonyl (C=O) groups excluding carboxylic acids is 1. The van der Waals surface area contributed by atoms with Gasteiger partial charge in [-0.3, -0.25) is 4.79 Å². The first-order valence-electron chi connectivity index (χ1n) is 6.01. The zero-order chi connectivity index (χ0) is 13.1. The third-order valence-electron chi connectivity index (χ3n) is 3.17. The summed E-state index contributed by atoms with van der Waals surface area (Å²) in [6.45, 7) is 3.57. The number of benzene rings is 1. The van der Waals surface area contributed by atoms with Gasteiger partial charge in [-0.1, -0.05) is 11.6 Å². The fraction of sp³-hybridized carbons (Fsp3) is 0.462. The molecule has 1 saturated heterocycles. The SMILES string of the molecule is CN1CCCN(C(=O)c2ccc(Br)c(Cl)c2)CC1. The van der Waals surface area contributed by atoms with Crippen LogP contribution in [0.25, 0.3) is 0 Å². The van der Waals surface area contributed by atoms with Crippen molar-refractivity contribution in [3.63, 3.8) is 0 Å². The van der Waals surface area contributed by atoms with Crippen LogP contribution >= 0.6 is 27.5 Å². The van der Waals surface area contributed by atoms with Crippen LogP contribution in [0.15, 0.2) is 22.7 Å². The molecule has 0 unspecified atom stereocenters. The van der Waals surface area contributed by atoms with Crippen LogP contribution in [0.2, 0.25) is 5.02 Å². The first-order valence-corrected chi connectivity index (χ1v) is 7.18. The average molecular weight is 332 g/mol. The highest BCUT2D eigenvalue weighted by Gasteiger charge is 2.19. The molecule has 0 saturated carbocycles. The van der Waals surface area contributed by atoms with Crippen LogP contribution in [-0.4, -0.2) is 48.9 Å². The molecule has 3 nitrogen and oxygen atoms in total. The molecular weight excluding hydrogens is 316 g/mol. The zero-order valence-electron chi connectivity index (χ0n) is 10.3. The molecule has 2 rings (SSSR count). The highest BCUT2D eigenvalue weighted by atomic mass is 79.9. The van der Waals surface area contributed by atoms with Gasteiger partial charge in [-0.15, -0.1) is 0 Å². The van der Waals surface area contributed by atoms with Crippen molar-refractivity contribution in [3.05, 3.63) is 33.3 Å². The van der Waals surface area contributed by atoms with E-state index in [0.29, 0.717) is 10.6 Å². The van der Waals surface area contributed by atoms with E-state index in [9.17, 15) is 4.79 Å². The normalized spacial score (nSPS) is 17.6. The van der Waals surface area contributed by atoms with Crippen LogP contribution in [0.1, 0.15) is 16.8 Å². The molecule has 1 aliphatic rings. The Hall–Kier alpha value is -0.580. The van der Waals surface area contributed by atoms with E-state index in [1.807, 2.05) is 17.0 Å². The van der Waals surface area contributed by atoms with Crippen LogP contribution in [0, 0.1) is 0 Å². The molecule has 5 heteroatoms. The summed E-state index contributed by atoms with van der Waals surface area (Å²) in [5.74, 6) is 0.0692. The van der Waals surface area contributed by atoms with E-state index < -0.39 is 0 Å². The van der Waals surface area contributed by atoms with E-state index in [1.54, 1.807) is 6.07 Å². The minimum atomic E-state index is 0.0692. The highest BCUT2D eigenvalue weighted by molar-refractivity contribution is 9.10. The molecule has 0 spiro atoms. The second-order valence-electron chi connectivity index (χ2n) is 4.58. The smallest absolute Gasteiger partial charge is 0.253 e. The fourth-order valence-corrected chi connectivity index (χ4v) is 2.49. The van der Waals surface area contributed by atoms with E-state index in [0.717, 1.165) is 37.1 Å². The number of rotatable bonds is 1. The summed E-state index contributed by atoms with van der Waals surface area (Å²) in [6, 6.07) is 5.36. The summed E-state index contributed by atoms with van der Waals surface area (Å²) in [6.07, 6.45) is 1.02. The van der Waals surface area contributed by atoms with Crippen molar-refractivity contribution < 1.29 is 4.79 Å². The summed E-state index contributed by atoms with van der Waals surface area (Å²) in [5.41, 5.74) is 0.660. The minimum absolute atomic E-state index is 0.0692. The van der Waals surface area contributed by atoms with Gasteiger partial charge in [0.05, 0.1) is 5.02 Å².